The maximum atomic E-state index is 10.8. The number of rotatable bonds is 5. The molecule has 21 heavy (non-hydrogen) atoms. The van der Waals surface area contributed by atoms with Gasteiger partial charge in [0.15, 0.2) is 11.6 Å². The molecule has 0 amide bonds. The Balaban J connectivity index is 2.33. The van der Waals surface area contributed by atoms with Crippen molar-refractivity contribution in [3.05, 3.63) is 44.7 Å². The molecule has 0 atom stereocenters. The molecule has 110 valence electrons. The van der Waals surface area contributed by atoms with Gasteiger partial charge in [0.1, 0.15) is 12.4 Å². The summed E-state index contributed by atoms with van der Waals surface area (Å²) < 4.78 is 11.0. The van der Waals surface area contributed by atoms with E-state index in [1.807, 2.05) is 0 Å². The second-order valence-corrected chi connectivity index (χ2v) is 4.81. The van der Waals surface area contributed by atoms with Crippen molar-refractivity contribution in [3.8, 4) is 11.6 Å². The fourth-order valence-electron chi connectivity index (χ4n) is 1.53. The largest absolute Gasteiger partial charge is 0.437 e. The van der Waals surface area contributed by atoms with Gasteiger partial charge in [-0.25, -0.2) is 4.98 Å². The lowest BCUT2D eigenvalue weighted by Crippen LogP contribution is -2.02. The number of benzene rings is 1. The van der Waals surface area contributed by atoms with Gasteiger partial charge in [-0.3, -0.25) is 10.1 Å². The normalized spacial score (nSPS) is 10.4. The van der Waals surface area contributed by atoms with Gasteiger partial charge in [0, 0.05) is 19.2 Å². The first-order chi connectivity index (χ1) is 9.99. The molecule has 9 heteroatoms. The zero-order chi connectivity index (χ0) is 15.4. The number of nitro groups is 1. The zero-order valence-electron chi connectivity index (χ0n) is 10.9. The Morgan fingerprint density at radius 3 is 2.81 bits per heavy atom. The van der Waals surface area contributed by atoms with E-state index in [1.54, 1.807) is 0 Å². The van der Waals surface area contributed by atoms with Gasteiger partial charge in [-0.05, 0) is 22.0 Å². The monoisotopic (exact) mass is 354 g/mol. The molecule has 0 unspecified atom stereocenters. The Bertz CT molecular complexity index is 680. The number of halogens is 1. The van der Waals surface area contributed by atoms with Crippen LogP contribution in [0.3, 0.4) is 0 Å². The fraction of sp³-hybridized carbons (Fsp3) is 0.167. The first-order valence-electron chi connectivity index (χ1n) is 5.73. The summed E-state index contributed by atoms with van der Waals surface area (Å²) >= 11 is 3.26. The smallest absolute Gasteiger partial charge is 0.273 e. The minimum Gasteiger partial charge on any atom is -0.437 e. The number of ether oxygens (including phenoxy) is 2. The molecule has 2 N–H and O–H groups in total. The average molecular weight is 355 g/mol. The van der Waals surface area contributed by atoms with Crippen LogP contribution in [0.15, 0.2) is 28.7 Å². The summed E-state index contributed by atoms with van der Waals surface area (Å²) in [5.74, 6) is 1.00. The molecule has 0 bridgehead atoms. The number of nitrogens with zero attached hydrogens (tertiary/aromatic N) is 3. The number of hydrogen-bond donors (Lipinski definition) is 1. The highest BCUT2D eigenvalue weighted by atomic mass is 79.9. The molecule has 0 aliphatic rings. The molecule has 8 nitrogen and oxygen atoms in total. The number of methoxy groups -OCH3 is 1. The van der Waals surface area contributed by atoms with E-state index in [0.717, 1.165) is 0 Å². The Morgan fingerprint density at radius 2 is 2.14 bits per heavy atom. The molecule has 2 rings (SSSR count). The topological polar surface area (TPSA) is 113 Å². The zero-order valence-corrected chi connectivity index (χ0v) is 12.5. The highest BCUT2D eigenvalue weighted by molar-refractivity contribution is 9.10. The molecule has 1 heterocycles. The molecule has 0 aliphatic heterocycles. The highest BCUT2D eigenvalue weighted by Crippen LogP contribution is 2.32. The lowest BCUT2D eigenvalue weighted by molar-refractivity contribution is -0.384. The second-order valence-electron chi connectivity index (χ2n) is 3.95. The molecule has 1 aromatic heterocycles. The molecular weight excluding hydrogens is 344 g/mol. The Hall–Kier alpha value is -2.26. The van der Waals surface area contributed by atoms with E-state index in [4.69, 9.17) is 15.2 Å². The lowest BCUT2D eigenvalue weighted by atomic mass is 10.3. The molecule has 1 aromatic carbocycles. The molecule has 0 saturated carbocycles. The van der Waals surface area contributed by atoms with Gasteiger partial charge in [0.2, 0.25) is 5.88 Å². The van der Waals surface area contributed by atoms with Crippen molar-refractivity contribution in [2.24, 2.45) is 0 Å². The molecule has 0 spiro atoms. The number of nitrogens with two attached hydrogens (primary N) is 1. The van der Waals surface area contributed by atoms with Gasteiger partial charge in [-0.1, -0.05) is 0 Å². The molecule has 0 radical (unpaired) electrons. The Morgan fingerprint density at radius 1 is 1.38 bits per heavy atom. The van der Waals surface area contributed by atoms with Gasteiger partial charge < -0.3 is 15.2 Å². The van der Waals surface area contributed by atoms with Crippen molar-refractivity contribution in [1.82, 2.24) is 9.97 Å². The summed E-state index contributed by atoms with van der Waals surface area (Å²) in [5, 5.41) is 10.8. The minimum absolute atomic E-state index is 0.0904. The van der Waals surface area contributed by atoms with Crippen molar-refractivity contribution < 1.29 is 14.4 Å². The van der Waals surface area contributed by atoms with E-state index in [-0.39, 0.29) is 29.7 Å². The van der Waals surface area contributed by atoms with E-state index in [0.29, 0.717) is 10.3 Å². The van der Waals surface area contributed by atoms with Crippen molar-refractivity contribution >= 4 is 27.4 Å². The van der Waals surface area contributed by atoms with Crippen LogP contribution in [0.25, 0.3) is 0 Å². The van der Waals surface area contributed by atoms with Crippen LogP contribution in [0.1, 0.15) is 5.82 Å². The number of anilines is 1. The number of nitrogen functional groups attached to an aromatic ring is 1. The van der Waals surface area contributed by atoms with Crippen LogP contribution in [-0.4, -0.2) is 22.0 Å². The van der Waals surface area contributed by atoms with Crippen LogP contribution in [-0.2, 0) is 11.3 Å². The van der Waals surface area contributed by atoms with Gasteiger partial charge in [-0.2, -0.15) is 4.98 Å². The summed E-state index contributed by atoms with van der Waals surface area (Å²) in [7, 11) is 1.50. The van der Waals surface area contributed by atoms with Crippen LogP contribution in [0.5, 0.6) is 11.6 Å². The molecule has 0 fully saturated rings. The Kier molecular flexibility index (Phi) is 4.66. The first-order valence-corrected chi connectivity index (χ1v) is 6.53. The predicted molar refractivity (Wildman–Crippen MR) is 78.0 cm³/mol. The SMILES string of the molecule is COCc1nc(N)cc(Oc2cc([N+](=O)[O-])ccc2Br)n1. The van der Waals surface area contributed by atoms with E-state index >= 15 is 0 Å². The number of hydrogen-bond acceptors (Lipinski definition) is 7. The highest BCUT2D eigenvalue weighted by Gasteiger charge is 2.13. The molecule has 0 aliphatic carbocycles. The summed E-state index contributed by atoms with van der Waals surface area (Å²) in [6.45, 7) is 0.178. The van der Waals surface area contributed by atoms with Crippen molar-refractivity contribution in [3.63, 3.8) is 0 Å². The van der Waals surface area contributed by atoms with Crippen LogP contribution < -0.4 is 10.5 Å². The van der Waals surface area contributed by atoms with E-state index in [9.17, 15) is 10.1 Å². The number of nitro benzene ring substituents is 1. The Labute approximate surface area is 128 Å². The second kappa shape index (κ2) is 6.46. The molecular formula is C12H11BrN4O4. The first kappa shape index (κ1) is 15.1. The summed E-state index contributed by atoms with van der Waals surface area (Å²) in [5.41, 5.74) is 5.56. The van der Waals surface area contributed by atoms with Crippen molar-refractivity contribution in [2.75, 3.05) is 12.8 Å². The summed E-state index contributed by atoms with van der Waals surface area (Å²) in [6.07, 6.45) is 0. The van der Waals surface area contributed by atoms with Crippen molar-refractivity contribution in [2.45, 2.75) is 6.61 Å². The van der Waals surface area contributed by atoms with Crippen LogP contribution in [0, 0.1) is 10.1 Å². The van der Waals surface area contributed by atoms with Gasteiger partial charge in [0.25, 0.3) is 5.69 Å². The maximum absolute atomic E-state index is 10.8. The van der Waals surface area contributed by atoms with E-state index in [2.05, 4.69) is 25.9 Å². The number of aromatic nitrogens is 2. The average Bonchev–Trinajstić information content (AvgIpc) is 2.40. The van der Waals surface area contributed by atoms with Crippen LogP contribution >= 0.6 is 15.9 Å². The standard InChI is InChI=1S/C12H11BrN4O4/c1-20-6-11-15-10(14)5-12(16-11)21-9-4-7(17(18)19)2-3-8(9)13/h2-5H,6H2,1H3,(H2,14,15,16). The molecule has 2 aromatic rings. The summed E-state index contributed by atoms with van der Waals surface area (Å²) in [6, 6.07) is 5.60. The maximum Gasteiger partial charge on any atom is 0.273 e. The van der Waals surface area contributed by atoms with Crippen LogP contribution in [0.2, 0.25) is 0 Å². The van der Waals surface area contributed by atoms with Crippen LogP contribution in [0.4, 0.5) is 11.5 Å². The quantitative estimate of drug-likeness (QED) is 0.648. The van der Waals surface area contributed by atoms with Gasteiger partial charge >= 0.3 is 0 Å². The predicted octanol–water partition coefficient (Wildman–Crippen LogP) is 2.67. The third-order valence-corrected chi connectivity index (χ3v) is 3.04. The van der Waals surface area contributed by atoms with E-state index in [1.165, 1.54) is 31.4 Å². The van der Waals surface area contributed by atoms with Gasteiger partial charge in [0.05, 0.1) is 15.5 Å². The summed E-state index contributed by atoms with van der Waals surface area (Å²) in [4.78, 5) is 18.4. The van der Waals surface area contributed by atoms with Gasteiger partial charge in [-0.15, -0.1) is 0 Å². The number of non-ortho nitro benzene ring substituents is 1. The third kappa shape index (κ3) is 3.86. The molecule has 0 saturated heterocycles. The fourth-order valence-corrected chi connectivity index (χ4v) is 1.86. The van der Waals surface area contributed by atoms with E-state index < -0.39 is 4.92 Å². The third-order valence-electron chi connectivity index (χ3n) is 2.38. The van der Waals surface area contributed by atoms with Crippen molar-refractivity contribution in [1.29, 1.82) is 0 Å². The minimum atomic E-state index is -0.510. The lowest BCUT2D eigenvalue weighted by Gasteiger charge is -2.08.